The van der Waals surface area contributed by atoms with Crippen LogP contribution in [0.25, 0.3) is 6.08 Å². The van der Waals surface area contributed by atoms with Crippen LogP contribution in [0.15, 0.2) is 6.08 Å². The van der Waals surface area contributed by atoms with E-state index in [0.29, 0.717) is 11.7 Å². The standard InChI is InChI=1S/C15H23ClN4O/c1-3-4-8-20-15(16)13(11(2)18-20)5-6-14(21)19-9-7-12(17)10-19/h5-6,12H,3-4,7-10,17H2,1-2H3. The van der Waals surface area contributed by atoms with Crippen LogP contribution < -0.4 is 5.73 Å². The normalized spacial score (nSPS) is 18.9. The molecule has 21 heavy (non-hydrogen) atoms. The first-order valence-corrected chi connectivity index (χ1v) is 7.86. The molecule has 1 aliphatic rings. The number of likely N-dealkylation sites (tertiary alicyclic amines) is 1. The van der Waals surface area contributed by atoms with Crippen LogP contribution in [0.5, 0.6) is 0 Å². The summed E-state index contributed by atoms with van der Waals surface area (Å²) in [5.74, 6) is -0.0141. The Morgan fingerprint density at radius 2 is 2.33 bits per heavy atom. The zero-order chi connectivity index (χ0) is 15.4. The largest absolute Gasteiger partial charge is 0.338 e. The Morgan fingerprint density at radius 1 is 1.57 bits per heavy atom. The fourth-order valence-electron chi connectivity index (χ4n) is 2.46. The second-order valence-electron chi connectivity index (χ2n) is 5.53. The molecule has 1 aromatic rings. The van der Waals surface area contributed by atoms with Crippen molar-refractivity contribution < 1.29 is 4.79 Å². The molecule has 2 heterocycles. The van der Waals surface area contributed by atoms with E-state index in [2.05, 4.69) is 12.0 Å². The summed E-state index contributed by atoms with van der Waals surface area (Å²) >= 11 is 6.34. The van der Waals surface area contributed by atoms with Crippen LogP contribution in [0.4, 0.5) is 0 Å². The van der Waals surface area contributed by atoms with Crippen LogP contribution in [-0.2, 0) is 11.3 Å². The number of hydrogen-bond donors (Lipinski definition) is 1. The minimum atomic E-state index is -0.0141. The Labute approximate surface area is 130 Å². The van der Waals surface area contributed by atoms with Crippen molar-refractivity contribution in [1.29, 1.82) is 0 Å². The number of carbonyl (C=O) groups is 1. The summed E-state index contributed by atoms with van der Waals surface area (Å²) in [6, 6.07) is 0.101. The summed E-state index contributed by atoms with van der Waals surface area (Å²) in [6.07, 6.45) is 6.33. The molecule has 1 aromatic heterocycles. The van der Waals surface area contributed by atoms with E-state index in [1.165, 1.54) is 0 Å². The SMILES string of the molecule is CCCCn1nc(C)c(C=CC(=O)N2CCC(N)C2)c1Cl. The number of nitrogens with two attached hydrogens (primary N) is 1. The number of unbranched alkanes of at least 4 members (excludes halogenated alkanes) is 1. The van der Waals surface area contributed by atoms with Crippen LogP contribution in [0.1, 0.15) is 37.4 Å². The highest BCUT2D eigenvalue weighted by molar-refractivity contribution is 6.31. The van der Waals surface area contributed by atoms with Gasteiger partial charge in [-0.25, -0.2) is 0 Å². The molecule has 0 bridgehead atoms. The maximum atomic E-state index is 12.1. The van der Waals surface area contributed by atoms with Gasteiger partial charge < -0.3 is 10.6 Å². The van der Waals surface area contributed by atoms with Gasteiger partial charge >= 0.3 is 0 Å². The molecule has 1 unspecified atom stereocenters. The summed E-state index contributed by atoms with van der Waals surface area (Å²) in [7, 11) is 0. The van der Waals surface area contributed by atoms with Gasteiger partial charge in [-0.15, -0.1) is 0 Å². The van der Waals surface area contributed by atoms with Crippen molar-refractivity contribution in [1.82, 2.24) is 14.7 Å². The van der Waals surface area contributed by atoms with Gasteiger partial charge in [0.1, 0.15) is 5.15 Å². The minimum absolute atomic E-state index is 0.0141. The van der Waals surface area contributed by atoms with E-state index in [0.717, 1.165) is 43.6 Å². The third-order valence-electron chi connectivity index (χ3n) is 3.76. The zero-order valence-corrected chi connectivity index (χ0v) is 13.4. The van der Waals surface area contributed by atoms with E-state index in [4.69, 9.17) is 17.3 Å². The Bertz CT molecular complexity index is 538. The van der Waals surface area contributed by atoms with Crippen molar-refractivity contribution in [3.05, 3.63) is 22.5 Å². The van der Waals surface area contributed by atoms with Crippen LogP contribution >= 0.6 is 11.6 Å². The predicted octanol–water partition coefficient (Wildman–Crippen LogP) is 2.22. The van der Waals surface area contributed by atoms with Gasteiger partial charge in [0.25, 0.3) is 0 Å². The van der Waals surface area contributed by atoms with E-state index < -0.39 is 0 Å². The fourth-order valence-corrected chi connectivity index (χ4v) is 2.78. The average Bonchev–Trinajstić information content (AvgIpc) is 2.99. The number of nitrogens with zero attached hydrogens (tertiary/aromatic N) is 3. The van der Waals surface area contributed by atoms with Crippen LogP contribution in [-0.4, -0.2) is 39.7 Å². The molecular weight excluding hydrogens is 288 g/mol. The van der Waals surface area contributed by atoms with Gasteiger partial charge in [-0.2, -0.15) is 5.10 Å². The monoisotopic (exact) mass is 310 g/mol. The number of rotatable bonds is 5. The number of hydrogen-bond acceptors (Lipinski definition) is 3. The molecule has 5 nitrogen and oxygen atoms in total. The summed E-state index contributed by atoms with van der Waals surface area (Å²) in [6.45, 7) is 6.20. The first-order valence-electron chi connectivity index (χ1n) is 7.48. The van der Waals surface area contributed by atoms with E-state index in [-0.39, 0.29) is 11.9 Å². The van der Waals surface area contributed by atoms with Gasteiger partial charge in [0.05, 0.1) is 5.69 Å². The first-order chi connectivity index (χ1) is 10.0. The summed E-state index contributed by atoms with van der Waals surface area (Å²) in [4.78, 5) is 13.8. The molecule has 2 rings (SSSR count). The molecular formula is C15H23ClN4O. The molecule has 1 amide bonds. The van der Waals surface area contributed by atoms with Crippen molar-refractivity contribution in [3.8, 4) is 0 Å². The zero-order valence-electron chi connectivity index (χ0n) is 12.7. The van der Waals surface area contributed by atoms with Crippen LogP contribution in [0, 0.1) is 6.92 Å². The Hall–Kier alpha value is -1.33. The van der Waals surface area contributed by atoms with E-state index in [1.807, 2.05) is 6.92 Å². The van der Waals surface area contributed by atoms with Crippen LogP contribution in [0.2, 0.25) is 5.15 Å². The number of aryl methyl sites for hydroxylation is 2. The second-order valence-corrected chi connectivity index (χ2v) is 5.89. The van der Waals surface area contributed by atoms with Gasteiger partial charge in [0.15, 0.2) is 0 Å². The Morgan fingerprint density at radius 3 is 2.95 bits per heavy atom. The van der Waals surface area contributed by atoms with Gasteiger partial charge in [0.2, 0.25) is 5.91 Å². The van der Waals surface area contributed by atoms with Gasteiger partial charge in [0, 0.05) is 37.3 Å². The molecule has 1 saturated heterocycles. The lowest BCUT2D eigenvalue weighted by molar-refractivity contribution is -0.124. The third kappa shape index (κ3) is 3.86. The van der Waals surface area contributed by atoms with Gasteiger partial charge in [-0.05, 0) is 25.8 Å². The van der Waals surface area contributed by atoms with Crippen molar-refractivity contribution >= 4 is 23.6 Å². The fraction of sp³-hybridized carbons (Fsp3) is 0.600. The number of amides is 1. The Kier molecular flexibility index (Phi) is 5.42. The molecule has 6 heteroatoms. The third-order valence-corrected chi connectivity index (χ3v) is 4.16. The lowest BCUT2D eigenvalue weighted by atomic mass is 10.2. The molecule has 0 radical (unpaired) electrons. The highest BCUT2D eigenvalue weighted by Crippen LogP contribution is 2.22. The van der Waals surface area contributed by atoms with Crippen molar-refractivity contribution in [2.45, 2.75) is 45.7 Å². The lowest BCUT2D eigenvalue weighted by Gasteiger charge is -2.12. The molecule has 0 aromatic carbocycles. The highest BCUT2D eigenvalue weighted by atomic mass is 35.5. The average molecular weight is 311 g/mol. The molecule has 1 fully saturated rings. The molecule has 2 N–H and O–H groups in total. The maximum absolute atomic E-state index is 12.1. The predicted molar refractivity (Wildman–Crippen MR) is 85.1 cm³/mol. The molecule has 0 saturated carbocycles. The minimum Gasteiger partial charge on any atom is -0.338 e. The smallest absolute Gasteiger partial charge is 0.246 e. The number of halogens is 1. The topological polar surface area (TPSA) is 64.2 Å². The molecule has 0 aliphatic carbocycles. The highest BCUT2D eigenvalue weighted by Gasteiger charge is 2.22. The van der Waals surface area contributed by atoms with Gasteiger partial charge in [-0.3, -0.25) is 9.48 Å². The first kappa shape index (κ1) is 16.0. The van der Waals surface area contributed by atoms with Crippen molar-refractivity contribution in [2.24, 2.45) is 5.73 Å². The van der Waals surface area contributed by atoms with E-state index in [1.54, 1.807) is 21.7 Å². The van der Waals surface area contributed by atoms with Gasteiger partial charge in [-0.1, -0.05) is 24.9 Å². The molecule has 0 spiro atoms. The summed E-state index contributed by atoms with van der Waals surface area (Å²) in [5, 5.41) is 5.02. The summed E-state index contributed by atoms with van der Waals surface area (Å²) < 4.78 is 1.80. The molecule has 116 valence electrons. The summed E-state index contributed by atoms with van der Waals surface area (Å²) in [5.41, 5.74) is 7.49. The quantitative estimate of drug-likeness (QED) is 0.848. The maximum Gasteiger partial charge on any atom is 0.246 e. The van der Waals surface area contributed by atoms with Crippen molar-refractivity contribution in [2.75, 3.05) is 13.1 Å². The lowest BCUT2D eigenvalue weighted by Crippen LogP contribution is -2.30. The second kappa shape index (κ2) is 7.09. The Balaban J connectivity index is 2.06. The van der Waals surface area contributed by atoms with Crippen LogP contribution in [0.3, 0.4) is 0 Å². The van der Waals surface area contributed by atoms with E-state index >= 15 is 0 Å². The number of carbonyl (C=O) groups excluding carboxylic acids is 1. The molecule has 1 atom stereocenters. The van der Waals surface area contributed by atoms with E-state index in [9.17, 15) is 4.79 Å². The molecule has 1 aliphatic heterocycles. The number of aromatic nitrogens is 2. The van der Waals surface area contributed by atoms with Crippen molar-refractivity contribution in [3.63, 3.8) is 0 Å².